The minimum atomic E-state index is 0.129. The molecular weight excluding hydrogens is 288 g/mol. The lowest BCUT2D eigenvalue weighted by Crippen LogP contribution is -2.31. The molecule has 1 saturated carbocycles. The molecule has 2 N–H and O–H groups in total. The highest BCUT2D eigenvalue weighted by Crippen LogP contribution is 2.26. The van der Waals surface area contributed by atoms with E-state index in [1.165, 1.54) is 31.2 Å². The van der Waals surface area contributed by atoms with Gasteiger partial charge in [-0.1, -0.05) is 47.0 Å². The summed E-state index contributed by atoms with van der Waals surface area (Å²) in [4.78, 5) is 2.49. The quantitative estimate of drug-likeness (QED) is 0.898. The Morgan fingerprint density at radius 3 is 2.67 bits per heavy atom. The van der Waals surface area contributed by atoms with E-state index in [1.54, 1.807) is 0 Å². The van der Waals surface area contributed by atoms with E-state index in [0.29, 0.717) is 0 Å². The van der Waals surface area contributed by atoms with Crippen LogP contribution in [0.4, 0.5) is 0 Å². The van der Waals surface area contributed by atoms with Crippen molar-refractivity contribution in [3.63, 3.8) is 0 Å². The van der Waals surface area contributed by atoms with Gasteiger partial charge in [0.05, 0.1) is 0 Å². The summed E-state index contributed by atoms with van der Waals surface area (Å²) < 4.78 is 1.13. The van der Waals surface area contributed by atoms with Crippen LogP contribution >= 0.6 is 15.9 Å². The molecule has 0 radical (unpaired) electrons. The topological polar surface area (TPSA) is 29.3 Å². The van der Waals surface area contributed by atoms with Crippen molar-refractivity contribution in [2.24, 2.45) is 5.73 Å². The first-order chi connectivity index (χ1) is 8.68. The van der Waals surface area contributed by atoms with Crippen LogP contribution in [0.15, 0.2) is 28.7 Å². The number of benzene rings is 1. The van der Waals surface area contributed by atoms with E-state index < -0.39 is 0 Å². The van der Waals surface area contributed by atoms with Gasteiger partial charge in [-0.25, -0.2) is 0 Å². The summed E-state index contributed by atoms with van der Waals surface area (Å²) in [6, 6.07) is 9.19. The number of hydrogen-bond donors (Lipinski definition) is 1. The van der Waals surface area contributed by atoms with E-state index in [-0.39, 0.29) is 6.04 Å². The normalized spacial score (nSPS) is 18.4. The predicted molar refractivity (Wildman–Crippen MR) is 80.6 cm³/mol. The highest BCUT2D eigenvalue weighted by Gasteiger charge is 2.20. The molecule has 1 aliphatic rings. The molecule has 1 fully saturated rings. The lowest BCUT2D eigenvalue weighted by atomic mass is 10.0. The SMILES string of the molecule is CN(CCC(N)c1ccccc1Br)C1CCCC1. The molecule has 0 amide bonds. The Morgan fingerprint density at radius 1 is 1.33 bits per heavy atom. The smallest absolute Gasteiger partial charge is 0.0318 e. The monoisotopic (exact) mass is 310 g/mol. The zero-order valence-corrected chi connectivity index (χ0v) is 12.7. The predicted octanol–water partition coefficient (Wildman–Crippen LogP) is 3.71. The van der Waals surface area contributed by atoms with Crippen molar-refractivity contribution in [2.45, 2.75) is 44.2 Å². The van der Waals surface area contributed by atoms with Crippen LogP contribution in [-0.4, -0.2) is 24.5 Å². The van der Waals surface area contributed by atoms with Crippen LogP contribution < -0.4 is 5.73 Å². The van der Waals surface area contributed by atoms with Crippen molar-refractivity contribution < 1.29 is 0 Å². The van der Waals surface area contributed by atoms with Crippen molar-refractivity contribution in [1.29, 1.82) is 0 Å². The summed E-state index contributed by atoms with van der Waals surface area (Å²) >= 11 is 3.58. The standard InChI is InChI=1S/C15H23BrN2/c1-18(12-6-2-3-7-12)11-10-15(17)13-8-4-5-9-14(13)16/h4-5,8-9,12,15H,2-3,6-7,10-11,17H2,1H3. The maximum absolute atomic E-state index is 6.29. The van der Waals surface area contributed by atoms with E-state index in [2.05, 4.69) is 46.1 Å². The maximum Gasteiger partial charge on any atom is 0.0318 e. The molecule has 0 saturated heterocycles. The Kier molecular flexibility index (Phi) is 5.22. The Bertz CT molecular complexity index is 375. The van der Waals surface area contributed by atoms with Crippen LogP contribution in [0.2, 0.25) is 0 Å². The largest absolute Gasteiger partial charge is 0.324 e. The molecule has 100 valence electrons. The third-order valence-corrected chi connectivity index (χ3v) is 4.77. The zero-order chi connectivity index (χ0) is 13.0. The molecule has 1 aromatic rings. The van der Waals surface area contributed by atoms with Crippen LogP contribution in [0, 0.1) is 0 Å². The van der Waals surface area contributed by atoms with Gasteiger partial charge in [0.1, 0.15) is 0 Å². The van der Waals surface area contributed by atoms with Gasteiger partial charge < -0.3 is 10.6 Å². The number of nitrogens with zero attached hydrogens (tertiary/aromatic N) is 1. The second-order valence-corrected chi connectivity index (χ2v) is 6.19. The number of halogens is 1. The molecule has 0 bridgehead atoms. The summed E-state index contributed by atoms with van der Waals surface area (Å²) in [5.41, 5.74) is 7.51. The first kappa shape index (κ1) is 14.0. The molecule has 2 nitrogen and oxygen atoms in total. The van der Waals surface area contributed by atoms with Gasteiger partial charge in [-0.2, -0.15) is 0 Å². The fourth-order valence-electron chi connectivity index (χ4n) is 2.80. The molecule has 1 unspecified atom stereocenters. The van der Waals surface area contributed by atoms with Crippen molar-refractivity contribution in [3.05, 3.63) is 34.3 Å². The van der Waals surface area contributed by atoms with Crippen molar-refractivity contribution in [3.8, 4) is 0 Å². The molecule has 0 aromatic heterocycles. The second-order valence-electron chi connectivity index (χ2n) is 5.34. The van der Waals surface area contributed by atoms with Crippen LogP contribution in [0.5, 0.6) is 0 Å². The highest BCUT2D eigenvalue weighted by atomic mass is 79.9. The maximum atomic E-state index is 6.29. The van der Waals surface area contributed by atoms with Crippen LogP contribution in [0.1, 0.15) is 43.7 Å². The summed E-state index contributed by atoms with van der Waals surface area (Å²) in [5, 5.41) is 0. The van der Waals surface area contributed by atoms with Crippen LogP contribution in [0.3, 0.4) is 0 Å². The summed E-state index contributed by atoms with van der Waals surface area (Å²) in [7, 11) is 2.24. The van der Waals surface area contributed by atoms with Gasteiger partial charge in [-0.15, -0.1) is 0 Å². The molecule has 18 heavy (non-hydrogen) atoms. The van der Waals surface area contributed by atoms with E-state index in [4.69, 9.17) is 5.73 Å². The minimum Gasteiger partial charge on any atom is -0.324 e. The summed E-state index contributed by atoms with van der Waals surface area (Å²) in [6.07, 6.45) is 6.54. The average molecular weight is 311 g/mol. The van der Waals surface area contributed by atoms with Gasteiger partial charge in [-0.05, 0) is 44.5 Å². The van der Waals surface area contributed by atoms with E-state index >= 15 is 0 Å². The van der Waals surface area contributed by atoms with Crippen LogP contribution in [0.25, 0.3) is 0 Å². The third-order valence-electron chi connectivity index (χ3n) is 4.05. The molecule has 3 heteroatoms. The van der Waals surface area contributed by atoms with Gasteiger partial charge in [0.25, 0.3) is 0 Å². The molecule has 1 atom stereocenters. The Hall–Kier alpha value is -0.380. The van der Waals surface area contributed by atoms with Crippen molar-refractivity contribution in [1.82, 2.24) is 4.90 Å². The van der Waals surface area contributed by atoms with E-state index in [0.717, 1.165) is 23.5 Å². The first-order valence-corrected chi connectivity index (χ1v) is 7.68. The lowest BCUT2D eigenvalue weighted by Gasteiger charge is -2.25. The van der Waals surface area contributed by atoms with Crippen molar-refractivity contribution >= 4 is 15.9 Å². The Balaban J connectivity index is 1.84. The average Bonchev–Trinajstić information content (AvgIpc) is 2.90. The second kappa shape index (κ2) is 6.69. The van der Waals surface area contributed by atoms with Gasteiger partial charge in [0, 0.05) is 16.6 Å². The number of nitrogens with two attached hydrogens (primary N) is 1. The Labute approximate surface area is 119 Å². The number of hydrogen-bond acceptors (Lipinski definition) is 2. The highest BCUT2D eigenvalue weighted by molar-refractivity contribution is 9.10. The lowest BCUT2D eigenvalue weighted by molar-refractivity contribution is 0.237. The third kappa shape index (κ3) is 3.56. The molecular formula is C15H23BrN2. The summed E-state index contributed by atoms with van der Waals surface area (Å²) in [6.45, 7) is 1.09. The van der Waals surface area contributed by atoms with Crippen molar-refractivity contribution in [2.75, 3.05) is 13.6 Å². The fourth-order valence-corrected chi connectivity index (χ4v) is 3.38. The summed E-state index contributed by atoms with van der Waals surface area (Å²) in [5.74, 6) is 0. The van der Waals surface area contributed by atoms with Gasteiger partial charge in [0.2, 0.25) is 0 Å². The fraction of sp³-hybridized carbons (Fsp3) is 0.600. The first-order valence-electron chi connectivity index (χ1n) is 6.88. The van der Waals surface area contributed by atoms with Gasteiger partial charge >= 0.3 is 0 Å². The van der Waals surface area contributed by atoms with E-state index in [9.17, 15) is 0 Å². The van der Waals surface area contributed by atoms with Gasteiger partial charge in [0.15, 0.2) is 0 Å². The molecule has 1 aromatic carbocycles. The zero-order valence-electron chi connectivity index (χ0n) is 11.1. The molecule has 2 rings (SSSR count). The molecule has 0 spiro atoms. The van der Waals surface area contributed by atoms with Gasteiger partial charge in [-0.3, -0.25) is 0 Å². The molecule has 0 heterocycles. The Morgan fingerprint density at radius 2 is 2.00 bits per heavy atom. The number of rotatable bonds is 5. The molecule has 1 aliphatic carbocycles. The van der Waals surface area contributed by atoms with Crippen LogP contribution in [-0.2, 0) is 0 Å². The van der Waals surface area contributed by atoms with E-state index in [1.807, 2.05) is 6.07 Å². The minimum absolute atomic E-state index is 0.129. The molecule has 0 aliphatic heterocycles.